The van der Waals surface area contributed by atoms with E-state index < -0.39 is 5.89 Å². The number of benzene rings is 4. The molecule has 0 aliphatic rings. The number of nitrogens with zero attached hydrogens (tertiary/aromatic N) is 2. The number of fused-ring (bicyclic) bond motifs is 5. The maximum Gasteiger partial charge on any atom is 0.177 e. The van der Waals surface area contributed by atoms with E-state index in [9.17, 15) is 0 Å². The standard InChI is InChI=1S/C29H22NO2.C14H14N.Ir/c1-17(2)20-14-15-30-25(16-20)24-11-7-10-22-23-13-12-21-18(3)26(19-8-5-4-6-9-19)31-28(21)29(23)32-27(22)24;1-11(2)13-8-9-15-14(10-13)12-6-4-3-5-7-12;/h4-10,12-17H,1-3H3;3-6,8-11H,1-2H3;/q2*-1;/i;11D;. The molecule has 0 amide bonds. The van der Waals surface area contributed by atoms with Gasteiger partial charge in [-0.15, -0.1) is 54.1 Å². The minimum atomic E-state index is -0.591. The van der Waals surface area contributed by atoms with Gasteiger partial charge in [0.05, 0.1) is 5.58 Å². The van der Waals surface area contributed by atoms with Crippen molar-refractivity contribution in [2.75, 3.05) is 0 Å². The van der Waals surface area contributed by atoms with Crippen molar-refractivity contribution in [3.05, 3.63) is 144 Å². The van der Waals surface area contributed by atoms with Crippen molar-refractivity contribution < 1.29 is 30.3 Å². The van der Waals surface area contributed by atoms with Crippen molar-refractivity contribution in [2.45, 2.75) is 46.4 Å². The molecule has 8 rings (SSSR count). The number of furan rings is 2. The average Bonchev–Trinajstić information content (AvgIpc) is 3.67. The fraction of sp³-hybridized carbons (Fsp3) is 0.163. The zero-order valence-corrected chi connectivity index (χ0v) is 30.0. The van der Waals surface area contributed by atoms with Crippen LogP contribution in [-0.2, 0) is 20.1 Å². The van der Waals surface area contributed by atoms with E-state index >= 15 is 0 Å². The summed E-state index contributed by atoms with van der Waals surface area (Å²) in [4.78, 5) is 8.93. The van der Waals surface area contributed by atoms with E-state index in [2.05, 4.69) is 85.3 Å². The van der Waals surface area contributed by atoms with Gasteiger partial charge < -0.3 is 18.8 Å². The maximum atomic E-state index is 7.99. The molecule has 0 saturated heterocycles. The third-order valence-electron chi connectivity index (χ3n) is 8.57. The Morgan fingerprint density at radius 2 is 1.31 bits per heavy atom. The van der Waals surface area contributed by atoms with Crippen LogP contribution in [-0.4, -0.2) is 9.97 Å². The summed E-state index contributed by atoms with van der Waals surface area (Å²) < 4.78 is 20.9. The molecule has 0 aliphatic heterocycles. The van der Waals surface area contributed by atoms with Gasteiger partial charge in [-0.25, -0.2) is 0 Å². The first-order valence-corrected chi connectivity index (χ1v) is 15.9. The number of aromatic nitrogens is 2. The Morgan fingerprint density at radius 1 is 0.646 bits per heavy atom. The first-order valence-electron chi connectivity index (χ1n) is 16.4. The molecule has 0 spiro atoms. The molecule has 48 heavy (non-hydrogen) atoms. The summed E-state index contributed by atoms with van der Waals surface area (Å²) in [5.41, 5.74) is 10.3. The van der Waals surface area contributed by atoms with Crippen LogP contribution in [0.3, 0.4) is 0 Å². The van der Waals surface area contributed by atoms with Crippen LogP contribution in [0.4, 0.5) is 0 Å². The molecule has 0 bridgehead atoms. The number of hydrogen-bond donors (Lipinski definition) is 0. The summed E-state index contributed by atoms with van der Waals surface area (Å²) >= 11 is 0. The normalized spacial score (nSPS) is 11.8. The minimum absolute atomic E-state index is 0. The summed E-state index contributed by atoms with van der Waals surface area (Å²) in [5.74, 6) is 0.715. The molecule has 5 heteroatoms. The van der Waals surface area contributed by atoms with E-state index in [-0.39, 0.29) is 20.1 Å². The molecule has 0 N–H and O–H groups in total. The number of hydrogen-bond acceptors (Lipinski definition) is 4. The Hall–Kier alpha value is -4.83. The second-order valence-electron chi connectivity index (χ2n) is 12.3. The van der Waals surface area contributed by atoms with Gasteiger partial charge in [0.2, 0.25) is 0 Å². The van der Waals surface area contributed by atoms with Gasteiger partial charge in [0, 0.05) is 55.8 Å². The van der Waals surface area contributed by atoms with E-state index in [0.29, 0.717) is 5.92 Å². The summed E-state index contributed by atoms with van der Waals surface area (Å²) in [7, 11) is 0. The van der Waals surface area contributed by atoms with E-state index in [4.69, 9.17) is 10.2 Å². The van der Waals surface area contributed by atoms with Gasteiger partial charge in [0.1, 0.15) is 5.76 Å². The molecule has 8 aromatic rings. The van der Waals surface area contributed by atoms with Crippen LogP contribution in [0.2, 0.25) is 0 Å². The van der Waals surface area contributed by atoms with Crippen LogP contribution in [0.5, 0.6) is 0 Å². The van der Waals surface area contributed by atoms with Crippen molar-refractivity contribution in [1.82, 2.24) is 9.97 Å². The van der Waals surface area contributed by atoms with Crippen molar-refractivity contribution in [1.29, 1.82) is 0 Å². The molecule has 0 saturated carbocycles. The van der Waals surface area contributed by atoms with Crippen LogP contribution in [0.1, 0.15) is 57.6 Å². The second-order valence-corrected chi connectivity index (χ2v) is 12.3. The molecule has 0 atom stereocenters. The van der Waals surface area contributed by atoms with Crippen LogP contribution in [0.15, 0.2) is 124 Å². The zero-order valence-electron chi connectivity index (χ0n) is 28.6. The number of rotatable bonds is 5. The van der Waals surface area contributed by atoms with Crippen LogP contribution in [0.25, 0.3) is 66.7 Å². The smallest absolute Gasteiger partial charge is 0.177 e. The van der Waals surface area contributed by atoms with Gasteiger partial charge in [0.25, 0.3) is 0 Å². The topological polar surface area (TPSA) is 52.1 Å². The first-order chi connectivity index (χ1) is 23.2. The van der Waals surface area contributed by atoms with Crippen molar-refractivity contribution in [2.24, 2.45) is 0 Å². The Bertz CT molecular complexity index is 2370. The number of aryl methyl sites for hydroxylation is 1. The molecule has 4 aromatic carbocycles. The van der Waals surface area contributed by atoms with E-state index in [1.807, 2.05) is 80.7 Å². The second kappa shape index (κ2) is 14.1. The van der Waals surface area contributed by atoms with E-state index in [0.717, 1.165) is 77.9 Å². The molecule has 0 aliphatic carbocycles. The monoisotopic (exact) mass is 806 g/mol. The molecule has 0 unspecified atom stereocenters. The maximum absolute atomic E-state index is 7.99. The van der Waals surface area contributed by atoms with Gasteiger partial charge in [-0.2, -0.15) is 0 Å². The fourth-order valence-electron chi connectivity index (χ4n) is 5.92. The molecule has 1 radical (unpaired) electrons. The van der Waals surface area contributed by atoms with Gasteiger partial charge in [-0.3, -0.25) is 0 Å². The van der Waals surface area contributed by atoms with Crippen LogP contribution < -0.4 is 0 Å². The minimum Gasteiger partial charge on any atom is -0.497 e. The van der Waals surface area contributed by atoms with Crippen LogP contribution >= 0.6 is 0 Å². The molecule has 4 heterocycles. The predicted molar refractivity (Wildman–Crippen MR) is 192 cm³/mol. The Balaban J connectivity index is 0.000000208. The quantitative estimate of drug-likeness (QED) is 0.163. The van der Waals surface area contributed by atoms with E-state index in [1.165, 1.54) is 5.56 Å². The van der Waals surface area contributed by atoms with Crippen molar-refractivity contribution >= 4 is 32.9 Å². The summed E-state index contributed by atoms with van der Waals surface area (Å²) in [6, 6.07) is 40.7. The van der Waals surface area contributed by atoms with Gasteiger partial charge in [-0.1, -0.05) is 98.3 Å². The summed E-state index contributed by atoms with van der Waals surface area (Å²) in [5, 5.41) is 3.15. The summed E-state index contributed by atoms with van der Waals surface area (Å²) in [6.07, 6.45) is 3.61. The first kappa shape index (κ1) is 31.8. The Kier molecular flexibility index (Phi) is 9.33. The zero-order chi connectivity index (χ0) is 33.4. The molecule has 4 nitrogen and oxygen atoms in total. The Morgan fingerprint density at radius 3 is 2.04 bits per heavy atom. The van der Waals surface area contributed by atoms with Gasteiger partial charge in [0.15, 0.2) is 11.2 Å². The third-order valence-corrected chi connectivity index (χ3v) is 8.57. The fourth-order valence-corrected chi connectivity index (χ4v) is 5.92. The molecule has 4 aromatic heterocycles. The third kappa shape index (κ3) is 6.36. The van der Waals surface area contributed by atoms with Crippen molar-refractivity contribution in [3.8, 4) is 33.8 Å². The van der Waals surface area contributed by atoms with E-state index in [1.54, 1.807) is 6.20 Å². The molecule has 0 fully saturated rings. The molecular formula is C43H36IrN2O2-2. The summed E-state index contributed by atoms with van der Waals surface area (Å²) in [6.45, 7) is 10.2. The predicted octanol–water partition coefficient (Wildman–Crippen LogP) is 12.0. The van der Waals surface area contributed by atoms with Gasteiger partial charge in [-0.05, 0) is 48.3 Å². The van der Waals surface area contributed by atoms with Crippen LogP contribution in [0, 0.1) is 19.1 Å². The Labute approximate surface area is 296 Å². The van der Waals surface area contributed by atoms with Gasteiger partial charge >= 0.3 is 0 Å². The number of pyridine rings is 2. The molecule has 241 valence electrons. The SMILES string of the molecule is Cc1c(-c2ccccc2)oc2c1ccc1c3cc[c-]c(-c4cc(C(C)C)ccn4)c3oc12.[2H]C(C)(C)c1ccnc(-c2[c-]cccc2)c1.[Ir]. The molecular weight excluding hydrogens is 769 g/mol. The average molecular weight is 806 g/mol. The largest absolute Gasteiger partial charge is 0.497 e. The van der Waals surface area contributed by atoms with Crippen molar-refractivity contribution in [3.63, 3.8) is 0 Å².